The predicted molar refractivity (Wildman–Crippen MR) is 43.9 cm³/mol. The lowest BCUT2D eigenvalue weighted by Gasteiger charge is -2.18. The number of amides is 1. The van der Waals surface area contributed by atoms with Crippen molar-refractivity contribution in [2.24, 2.45) is 0 Å². The average Bonchev–Trinajstić information content (AvgIpc) is 2.13. The quantitative estimate of drug-likeness (QED) is 0.611. The zero-order chi connectivity index (χ0) is 14.6. The molecule has 0 heterocycles. The first-order chi connectivity index (χ1) is 7.88. The van der Waals surface area contributed by atoms with Gasteiger partial charge in [-0.1, -0.05) is 0 Å². The van der Waals surface area contributed by atoms with Crippen LogP contribution in [0.3, 0.4) is 0 Å². The van der Waals surface area contributed by atoms with Gasteiger partial charge in [0.15, 0.2) is 0 Å². The predicted octanol–water partition coefficient (Wildman–Crippen LogP) is 3.03. The van der Waals surface area contributed by atoms with E-state index in [1.165, 1.54) is 5.32 Å². The van der Waals surface area contributed by atoms with Gasteiger partial charge in [-0.25, -0.2) is 0 Å². The smallest absolute Gasteiger partial charge is 0.351 e. The number of rotatable bonds is 5. The Balaban J connectivity index is 3.99. The van der Waals surface area contributed by atoms with Crippen LogP contribution in [0.25, 0.3) is 0 Å². The van der Waals surface area contributed by atoms with Gasteiger partial charge in [0.25, 0.3) is 5.91 Å². The molecule has 0 spiro atoms. The molecule has 0 fully saturated rings. The lowest BCUT2D eigenvalue weighted by Crippen LogP contribution is -2.50. The molecule has 18 heavy (non-hydrogen) atoms. The Morgan fingerprint density at radius 1 is 0.889 bits per heavy atom. The van der Waals surface area contributed by atoms with E-state index in [4.69, 9.17) is 0 Å². The van der Waals surface area contributed by atoms with Crippen LogP contribution in [0, 0.1) is 0 Å². The maximum Gasteiger partial charge on any atom is 0.463 e. The molecular weight excluding hydrogens is 278 g/mol. The van der Waals surface area contributed by atoms with Gasteiger partial charge in [0, 0.05) is 13.0 Å². The van der Waals surface area contributed by atoms with Crippen molar-refractivity contribution in [1.29, 1.82) is 0 Å². The van der Waals surface area contributed by atoms with Crippen LogP contribution in [-0.2, 0) is 4.79 Å². The summed E-state index contributed by atoms with van der Waals surface area (Å²) in [4.78, 5) is 10.5. The van der Waals surface area contributed by atoms with Gasteiger partial charge in [0.05, 0.1) is 0 Å². The Bertz CT molecular complexity index is 282. The maximum atomic E-state index is 12.3. The number of hydrogen-bond acceptors (Lipinski definition) is 1. The zero-order valence-corrected chi connectivity index (χ0v) is 8.76. The SMILES string of the molecule is O=C(NCCCCC(F)(F)F)C(F)(F)C(F)(F)F. The summed E-state index contributed by atoms with van der Waals surface area (Å²) in [6, 6.07) is 0. The van der Waals surface area contributed by atoms with Crippen LogP contribution in [0.5, 0.6) is 0 Å². The Morgan fingerprint density at radius 2 is 1.39 bits per heavy atom. The highest BCUT2D eigenvalue weighted by molar-refractivity contribution is 5.84. The van der Waals surface area contributed by atoms with Gasteiger partial charge in [-0.05, 0) is 12.8 Å². The van der Waals surface area contributed by atoms with Crippen molar-refractivity contribution in [3.8, 4) is 0 Å². The molecule has 0 saturated carbocycles. The number of hydrogen-bond donors (Lipinski definition) is 1. The molecule has 0 radical (unpaired) electrons. The summed E-state index contributed by atoms with van der Waals surface area (Å²) in [5, 5.41) is 1.24. The van der Waals surface area contributed by atoms with E-state index in [0.29, 0.717) is 0 Å². The molecule has 0 aromatic carbocycles. The minimum atomic E-state index is -6.02. The van der Waals surface area contributed by atoms with Crippen molar-refractivity contribution < 1.29 is 39.9 Å². The van der Waals surface area contributed by atoms with Gasteiger partial charge in [-0.15, -0.1) is 0 Å². The Morgan fingerprint density at radius 3 is 1.78 bits per heavy atom. The molecule has 0 aromatic heterocycles. The minimum Gasteiger partial charge on any atom is -0.351 e. The van der Waals surface area contributed by atoms with Crippen LogP contribution < -0.4 is 5.32 Å². The molecular formula is C8H9F8NO. The first kappa shape index (κ1) is 16.9. The third-order valence-electron chi connectivity index (χ3n) is 1.81. The highest BCUT2D eigenvalue weighted by Gasteiger charge is 2.63. The monoisotopic (exact) mass is 287 g/mol. The van der Waals surface area contributed by atoms with Crippen molar-refractivity contribution in [1.82, 2.24) is 5.32 Å². The Labute approximate surface area is 96.3 Å². The molecule has 1 N–H and O–H groups in total. The van der Waals surface area contributed by atoms with E-state index in [1.807, 2.05) is 0 Å². The lowest BCUT2D eigenvalue weighted by atomic mass is 10.2. The van der Waals surface area contributed by atoms with E-state index < -0.39 is 43.6 Å². The summed E-state index contributed by atoms with van der Waals surface area (Å²) in [5.41, 5.74) is 0. The molecule has 0 atom stereocenters. The minimum absolute atomic E-state index is 0.348. The average molecular weight is 287 g/mol. The van der Waals surface area contributed by atoms with E-state index in [9.17, 15) is 39.9 Å². The van der Waals surface area contributed by atoms with Crippen LogP contribution in [0.2, 0.25) is 0 Å². The third-order valence-corrected chi connectivity index (χ3v) is 1.81. The molecule has 1 amide bonds. The summed E-state index contributed by atoms with van der Waals surface area (Å²) in [6.07, 6.45) is -12.5. The normalized spacial score (nSPS) is 13.6. The van der Waals surface area contributed by atoms with Crippen LogP contribution in [0.1, 0.15) is 19.3 Å². The van der Waals surface area contributed by atoms with Crippen LogP contribution >= 0.6 is 0 Å². The fraction of sp³-hybridized carbons (Fsp3) is 0.875. The van der Waals surface area contributed by atoms with E-state index >= 15 is 0 Å². The van der Waals surface area contributed by atoms with Crippen LogP contribution in [0.15, 0.2) is 0 Å². The highest BCUT2D eigenvalue weighted by Crippen LogP contribution is 2.35. The fourth-order valence-corrected chi connectivity index (χ4v) is 0.892. The van der Waals surface area contributed by atoms with Crippen molar-refractivity contribution in [2.45, 2.75) is 37.5 Å². The summed E-state index contributed by atoms with van der Waals surface area (Å²) in [5.74, 6) is -8.11. The van der Waals surface area contributed by atoms with Crippen LogP contribution in [0.4, 0.5) is 35.1 Å². The van der Waals surface area contributed by atoms with E-state index in [-0.39, 0.29) is 6.42 Å². The Hall–Kier alpha value is -1.09. The second-order valence-corrected chi connectivity index (χ2v) is 3.40. The molecule has 0 unspecified atom stereocenters. The number of halogens is 8. The van der Waals surface area contributed by atoms with Gasteiger partial charge in [0.1, 0.15) is 0 Å². The van der Waals surface area contributed by atoms with Gasteiger partial charge >= 0.3 is 18.3 Å². The maximum absolute atomic E-state index is 12.3. The van der Waals surface area contributed by atoms with Gasteiger partial charge < -0.3 is 5.32 Å². The van der Waals surface area contributed by atoms with E-state index in [1.54, 1.807) is 0 Å². The summed E-state index contributed by atoms with van der Waals surface area (Å²) in [6.45, 7) is -0.680. The van der Waals surface area contributed by atoms with E-state index in [0.717, 1.165) is 0 Å². The van der Waals surface area contributed by atoms with Crippen molar-refractivity contribution in [2.75, 3.05) is 6.54 Å². The summed E-state index contributed by atoms with van der Waals surface area (Å²) >= 11 is 0. The first-order valence-corrected chi connectivity index (χ1v) is 4.67. The molecule has 2 nitrogen and oxygen atoms in total. The molecule has 0 saturated heterocycles. The molecule has 0 aliphatic heterocycles. The third kappa shape index (κ3) is 5.50. The van der Waals surface area contributed by atoms with Crippen LogP contribution in [-0.4, -0.2) is 30.7 Å². The molecule has 0 rings (SSSR count). The zero-order valence-electron chi connectivity index (χ0n) is 8.76. The summed E-state index contributed by atoms with van der Waals surface area (Å²) in [7, 11) is 0. The molecule has 108 valence electrons. The van der Waals surface area contributed by atoms with Gasteiger partial charge in [-0.3, -0.25) is 4.79 Å². The Kier molecular flexibility index (Phi) is 5.35. The van der Waals surface area contributed by atoms with Crippen molar-refractivity contribution in [3.63, 3.8) is 0 Å². The number of alkyl halides is 8. The number of unbranched alkanes of at least 4 members (excludes halogenated alkanes) is 1. The molecule has 0 aliphatic rings. The summed E-state index contributed by atoms with van der Waals surface area (Å²) < 4.78 is 94.5. The number of carbonyl (C=O) groups is 1. The second-order valence-electron chi connectivity index (χ2n) is 3.40. The van der Waals surface area contributed by atoms with E-state index in [2.05, 4.69) is 0 Å². The topological polar surface area (TPSA) is 29.1 Å². The molecule has 0 aliphatic carbocycles. The van der Waals surface area contributed by atoms with Gasteiger partial charge in [0.2, 0.25) is 0 Å². The molecule has 0 aromatic rings. The standard InChI is InChI=1S/C8H9F8NO/c9-6(10,11)3-1-2-4-17-5(18)7(12,13)8(14,15)16/h1-4H2,(H,17,18). The second kappa shape index (κ2) is 5.70. The van der Waals surface area contributed by atoms with Crippen molar-refractivity contribution >= 4 is 5.91 Å². The van der Waals surface area contributed by atoms with Gasteiger partial charge in [-0.2, -0.15) is 35.1 Å². The number of carbonyl (C=O) groups excluding carboxylic acids is 1. The highest BCUT2D eigenvalue weighted by atomic mass is 19.4. The fourth-order valence-electron chi connectivity index (χ4n) is 0.892. The van der Waals surface area contributed by atoms with Crippen molar-refractivity contribution in [3.05, 3.63) is 0 Å². The molecule has 0 bridgehead atoms. The lowest BCUT2D eigenvalue weighted by molar-refractivity contribution is -0.269. The molecule has 10 heteroatoms. The first-order valence-electron chi connectivity index (χ1n) is 4.67. The largest absolute Gasteiger partial charge is 0.463 e. The number of nitrogens with one attached hydrogen (secondary N) is 1.